The quantitative estimate of drug-likeness (QED) is 0.103. The molecule has 0 aliphatic heterocycles. The molecular formula is C38H50. The molecule has 0 aromatic heterocycles. The summed E-state index contributed by atoms with van der Waals surface area (Å²) in [5, 5.41) is 5.08. The lowest BCUT2D eigenvalue weighted by molar-refractivity contribution is 0.579. The standard InChI is InChI=1S/C38H50/c1-3-5-7-9-11-13-15-17-19-21-23-33-25-27-35-32-38-30-34(26-28-36(38)31-37(35)29-33)24-22-20-18-16-14-12-10-8-6-4-2/h25-32H,3-20H2,1-2H3. The van der Waals surface area contributed by atoms with Crippen LogP contribution in [0.1, 0.15) is 141 Å². The van der Waals surface area contributed by atoms with Crippen LogP contribution in [0.5, 0.6) is 0 Å². The fourth-order valence-corrected chi connectivity index (χ4v) is 5.18. The van der Waals surface area contributed by atoms with E-state index in [4.69, 9.17) is 0 Å². The van der Waals surface area contributed by atoms with Gasteiger partial charge in [-0.3, -0.25) is 0 Å². The summed E-state index contributed by atoms with van der Waals surface area (Å²) in [6, 6.07) is 17.9. The first kappa shape index (κ1) is 29.9. The van der Waals surface area contributed by atoms with E-state index in [2.05, 4.69) is 86.1 Å². The van der Waals surface area contributed by atoms with Crippen molar-refractivity contribution in [2.24, 2.45) is 0 Å². The molecule has 0 saturated carbocycles. The molecule has 0 fully saturated rings. The van der Waals surface area contributed by atoms with Gasteiger partial charge in [-0.2, -0.15) is 0 Å². The first-order chi connectivity index (χ1) is 18.8. The Morgan fingerprint density at radius 1 is 0.395 bits per heavy atom. The first-order valence-corrected chi connectivity index (χ1v) is 15.8. The summed E-state index contributed by atoms with van der Waals surface area (Å²) in [7, 11) is 0. The van der Waals surface area contributed by atoms with Gasteiger partial charge in [0.1, 0.15) is 0 Å². The molecule has 3 rings (SSSR count). The highest BCUT2D eigenvalue weighted by Crippen LogP contribution is 2.25. The summed E-state index contributed by atoms with van der Waals surface area (Å²) >= 11 is 0. The molecule has 0 heteroatoms. The van der Waals surface area contributed by atoms with Crippen molar-refractivity contribution in [1.29, 1.82) is 0 Å². The topological polar surface area (TPSA) is 0 Å². The number of fused-ring (bicyclic) bond motifs is 2. The van der Waals surface area contributed by atoms with Crippen molar-refractivity contribution in [1.82, 2.24) is 0 Å². The molecule has 0 saturated heterocycles. The fraction of sp³-hybridized carbons (Fsp3) is 0.526. The van der Waals surface area contributed by atoms with E-state index >= 15 is 0 Å². The molecular weight excluding hydrogens is 456 g/mol. The monoisotopic (exact) mass is 506 g/mol. The molecule has 202 valence electrons. The molecule has 0 spiro atoms. The Bertz CT molecular complexity index is 1110. The van der Waals surface area contributed by atoms with Crippen LogP contribution in [-0.4, -0.2) is 0 Å². The van der Waals surface area contributed by atoms with Gasteiger partial charge in [0.25, 0.3) is 0 Å². The van der Waals surface area contributed by atoms with Gasteiger partial charge in [0, 0.05) is 24.0 Å². The van der Waals surface area contributed by atoms with Crippen LogP contribution in [0.2, 0.25) is 0 Å². The maximum Gasteiger partial charge on any atom is 0.0251 e. The third-order valence-electron chi connectivity index (χ3n) is 7.57. The van der Waals surface area contributed by atoms with Crippen LogP contribution >= 0.6 is 0 Å². The van der Waals surface area contributed by atoms with Gasteiger partial charge >= 0.3 is 0 Å². The highest BCUT2D eigenvalue weighted by atomic mass is 14.0. The smallest absolute Gasteiger partial charge is 0.0251 e. The number of benzene rings is 3. The summed E-state index contributed by atoms with van der Waals surface area (Å²) < 4.78 is 0. The highest BCUT2D eigenvalue weighted by Gasteiger charge is 2.01. The molecule has 0 nitrogen and oxygen atoms in total. The summed E-state index contributed by atoms with van der Waals surface area (Å²) in [6.45, 7) is 4.56. The fourth-order valence-electron chi connectivity index (χ4n) is 5.18. The van der Waals surface area contributed by atoms with Crippen LogP contribution in [0.15, 0.2) is 48.5 Å². The van der Waals surface area contributed by atoms with Crippen molar-refractivity contribution >= 4 is 21.5 Å². The minimum absolute atomic E-state index is 1.01. The predicted molar refractivity (Wildman–Crippen MR) is 170 cm³/mol. The van der Waals surface area contributed by atoms with E-state index in [-0.39, 0.29) is 0 Å². The Morgan fingerprint density at radius 2 is 0.763 bits per heavy atom. The average molecular weight is 507 g/mol. The molecule has 3 aromatic rings. The van der Waals surface area contributed by atoms with Gasteiger partial charge in [-0.1, -0.05) is 140 Å². The average Bonchev–Trinajstić information content (AvgIpc) is 2.94. The molecule has 0 aliphatic rings. The van der Waals surface area contributed by atoms with Crippen molar-refractivity contribution in [2.45, 2.75) is 129 Å². The van der Waals surface area contributed by atoms with E-state index in [9.17, 15) is 0 Å². The Labute approximate surface area is 234 Å². The summed E-state index contributed by atoms with van der Waals surface area (Å²) in [5.74, 6) is 13.6. The summed E-state index contributed by atoms with van der Waals surface area (Å²) in [6.07, 6.45) is 23.7. The normalized spacial score (nSPS) is 10.8. The van der Waals surface area contributed by atoms with Crippen molar-refractivity contribution in [3.8, 4) is 23.7 Å². The van der Waals surface area contributed by atoms with Gasteiger partial charge in [0.15, 0.2) is 0 Å². The van der Waals surface area contributed by atoms with Gasteiger partial charge in [-0.25, -0.2) is 0 Å². The molecule has 0 heterocycles. The molecule has 0 N–H and O–H groups in total. The van der Waals surface area contributed by atoms with E-state index in [0.717, 1.165) is 24.0 Å². The Kier molecular flexibility index (Phi) is 14.6. The van der Waals surface area contributed by atoms with Gasteiger partial charge < -0.3 is 0 Å². The van der Waals surface area contributed by atoms with E-state index in [1.165, 1.54) is 124 Å². The van der Waals surface area contributed by atoms with Crippen LogP contribution in [0.25, 0.3) is 21.5 Å². The van der Waals surface area contributed by atoms with Crippen LogP contribution in [0.4, 0.5) is 0 Å². The number of unbranched alkanes of at least 4 members (excludes halogenated alkanes) is 16. The lowest BCUT2D eigenvalue weighted by atomic mass is 10.00. The van der Waals surface area contributed by atoms with E-state index in [1.807, 2.05) is 0 Å². The Morgan fingerprint density at radius 3 is 1.16 bits per heavy atom. The largest absolute Gasteiger partial charge is 0.0979 e. The van der Waals surface area contributed by atoms with E-state index in [0.29, 0.717) is 0 Å². The van der Waals surface area contributed by atoms with Gasteiger partial charge in [0.2, 0.25) is 0 Å². The molecule has 0 amide bonds. The molecule has 38 heavy (non-hydrogen) atoms. The van der Waals surface area contributed by atoms with Crippen molar-refractivity contribution < 1.29 is 0 Å². The highest BCUT2D eigenvalue weighted by molar-refractivity contribution is 5.99. The van der Waals surface area contributed by atoms with Crippen LogP contribution in [-0.2, 0) is 0 Å². The van der Waals surface area contributed by atoms with Crippen LogP contribution < -0.4 is 0 Å². The molecule has 0 atom stereocenters. The maximum absolute atomic E-state index is 3.40. The van der Waals surface area contributed by atoms with E-state index in [1.54, 1.807) is 0 Å². The second-order valence-corrected chi connectivity index (χ2v) is 11.0. The van der Waals surface area contributed by atoms with Gasteiger partial charge in [-0.05, 0) is 70.8 Å². The van der Waals surface area contributed by atoms with Crippen LogP contribution in [0.3, 0.4) is 0 Å². The first-order valence-electron chi connectivity index (χ1n) is 15.8. The maximum atomic E-state index is 3.40. The van der Waals surface area contributed by atoms with Crippen molar-refractivity contribution in [2.75, 3.05) is 0 Å². The molecule has 3 aromatic carbocycles. The van der Waals surface area contributed by atoms with E-state index < -0.39 is 0 Å². The zero-order chi connectivity index (χ0) is 26.7. The van der Waals surface area contributed by atoms with Crippen molar-refractivity contribution in [3.05, 3.63) is 59.7 Å². The molecule has 0 unspecified atom stereocenters. The summed E-state index contributed by atoms with van der Waals surface area (Å²) in [4.78, 5) is 0. The summed E-state index contributed by atoms with van der Waals surface area (Å²) in [5.41, 5.74) is 2.25. The Balaban J connectivity index is 1.45. The minimum atomic E-state index is 1.01. The molecule has 0 bridgehead atoms. The second kappa shape index (κ2) is 18.5. The SMILES string of the molecule is CCCCCCCCCCC#Cc1ccc2cc3cc(C#CCCCCCCCCCC)ccc3cc2c1. The second-order valence-electron chi connectivity index (χ2n) is 11.0. The third kappa shape index (κ3) is 11.4. The lowest BCUT2D eigenvalue weighted by Crippen LogP contribution is -1.82. The third-order valence-corrected chi connectivity index (χ3v) is 7.57. The lowest BCUT2D eigenvalue weighted by Gasteiger charge is -2.04. The Hall–Kier alpha value is -2.70. The predicted octanol–water partition coefficient (Wildman–Crippen LogP) is 11.8. The zero-order valence-corrected chi connectivity index (χ0v) is 24.3. The van der Waals surface area contributed by atoms with Gasteiger partial charge in [-0.15, -0.1) is 0 Å². The minimum Gasteiger partial charge on any atom is -0.0979 e. The number of rotatable bonds is 16. The number of hydrogen-bond acceptors (Lipinski definition) is 0. The molecule has 0 radical (unpaired) electrons. The van der Waals surface area contributed by atoms with Gasteiger partial charge in [0.05, 0.1) is 0 Å². The van der Waals surface area contributed by atoms with Crippen LogP contribution in [0, 0.1) is 23.7 Å². The van der Waals surface area contributed by atoms with Crippen molar-refractivity contribution in [3.63, 3.8) is 0 Å². The number of hydrogen-bond donors (Lipinski definition) is 0. The molecule has 0 aliphatic carbocycles. The zero-order valence-electron chi connectivity index (χ0n) is 24.3.